The van der Waals surface area contributed by atoms with Crippen molar-refractivity contribution in [2.75, 3.05) is 25.2 Å². The van der Waals surface area contributed by atoms with Gasteiger partial charge in [-0.25, -0.2) is 13.4 Å². The number of fused-ring (bicyclic) bond motifs is 1. The van der Waals surface area contributed by atoms with Crippen LogP contribution in [-0.2, 0) is 21.4 Å². The zero-order valence-corrected chi connectivity index (χ0v) is 16.3. The molecule has 9 nitrogen and oxygen atoms in total. The topological polar surface area (TPSA) is 103 Å². The fourth-order valence-electron chi connectivity index (χ4n) is 3.26. The van der Waals surface area contributed by atoms with Crippen LogP contribution in [-0.4, -0.2) is 48.1 Å². The number of hydrogen-bond acceptors (Lipinski definition) is 6. The number of nitrogens with one attached hydrogen (secondary N) is 1. The summed E-state index contributed by atoms with van der Waals surface area (Å²) in [6.07, 6.45) is 4.45. The van der Waals surface area contributed by atoms with E-state index in [9.17, 15) is 13.2 Å². The predicted molar refractivity (Wildman–Crippen MR) is 101 cm³/mol. The maximum atomic E-state index is 12.7. The monoisotopic (exact) mass is 406 g/mol. The third-order valence-electron chi connectivity index (χ3n) is 4.94. The molecule has 0 aliphatic carbocycles. The molecule has 2 aliphatic heterocycles. The lowest BCUT2D eigenvalue weighted by molar-refractivity contribution is -0.116. The van der Waals surface area contributed by atoms with Gasteiger partial charge in [0, 0.05) is 31.0 Å². The van der Waals surface area contributed by atoms with Gasteiger partial charge in [-0.15, -0.1) is 0 Å². The highest BCUT2D eigenvalue weighted by Crippen LogP contribution is 2.34. The number of carbonyl (C=O) groups is 1. The van der Waals surface area contributed by atoms with Gasteiger partial charge in [0.1, 0.15) is 6.54 Å². The number of imidazole rings is 1. The number of nitrogens with zero attached hydrogens (tertiary/aromatic N) is 3. The SMILES string of the molecule is CC1CCN(S(=O)(=O)c2cn(CC(=O)Nc3ccc4c(c3)OCO4)cn2)CC1. The molecule has 0 spiro atoms. The van der Waals surface area contributed by atoms with E-state index in [1.54, 1.807) is 18.2 Å². The number of ether oxygens (including phenoxy) is 2. The molecule has 0 saturated carbocycles. The largest absolute Gasteiger partial charge is 0.454 e. The van der Waals surface area contributed by atoms with Crippen LogP contribution in [0.1, 0.15) is 19.8 Å². The number of benzene rings is 1. The quantitative estimate of drug-likeness (QED) is 0.810. The Morgan fingerprint density at radius 1 is 1.25 bits per heavy atom. The maximum Gasteiger partial charge on any atom is 0.262 e. The molecular formula is C18H22N4O5S. The number of piperidine rings is 1. The van der Waals surface area contributed by atoms with E-state index in [1.165, 1.54) is 21.4 Å². The van der Waals surface area contributed by atoms with Gasteiger partial charge in [-0.3, -0.25) is 4.79 Å². The van der Waals surface area contributed by atoms with Crippen molar-refractivity contribution in [3.05, 3.63) is 30.7 Å². The molecule has 150 valence electrons. The first kappa shape index (κ1) is 18.8. The van der Waals surface area contributed by atoms with Crippen LogP contribution < -0.4 is 14.8 Å². The van der Waals surface area contributed by atoms with Gasteiger partial charge in [-0.2, -0.15) is 4.31 Å². The number of amides is 1. The van der Waals surface area contributed by atoms with E-state index in [1.807, 2.05) is 0 Å². The van der Waals surface area contributed by atoms with Crippen molar-refractivity contribution in [1.82, 2.24) is 13.9 Å². The zero-order chi connectivity index (χ0) is 19.7. The highest BCUT2D eigenvalue weighted by Gasteiger charge is 2.30. The van der Waals surface area contributed by atoms with Crippen LogP contribution in [0.2, 0.25) is 0 Å². The summed E-state index contributed by atoms with van der Waals surface area (Å²) in [6.45, 7) is 3.24. The van der Waals surface area contributed by atoms with Crippen LogP contribution in [0.3, 0.4) is 0 Å². The average molecular weight is 406 g/mol. The smallest absolute Gasteiger partial charge is 0.262 e. The predicted octanol–water partition coefficient (Wildman–Crippen LogP) is 1.67. The van der Waals surface area contributed by atoms with Crippen molar-refractivity contribution in [3.8, 4) is 11.5 Å². The Bertz CT molecular complexity index is 980. The Morgan fingerprint density at radius 3 is 2.79 bits per heavy atom. The van der Waals surface area contributed by atoms with Crippen molar-refractivity contribution in [2.24, 2.45) is 5.92 Å². The number of sulfonamides is 1. The van der Waals surface area contributed by atoms with Crippen molar-refractivity contribution >= 4 is 21.6 Å². The minimum atomic E-state index is -3.63. The summed E-state index contributed by atoms with van der Waals surface area (Å²) in [5.74, 6) is 1.44. The lowest BCUT2D eigenvalue weighted by Crippen LogP contribution is -2.38. The molecule has 1 aromatic carbocycles. The second-order valence-corrected chi connectivity index (χ2v) is 8.97. The van der Waals surface area contributed by atoms with E-state index >= 15 is 0 Å². The summed E-state index contributed by atoms with van der Waals surface area (Å²) in [4.78, 5) is 16.3. The van der Waals surface area contributed by atoms with Crippen molar-refractivity contribution in [3.63, 3.8) is 0 Å². The van der Waals surface area contributed by atoms with Gasteiger partial charge in [0.05, 0.1) is 6.33 Å². The Labute approximate surface area is 163 Å². The van der Waals surface area contributed by atoms with E-state index in [0.717, 1.165) is 12.8 Å². The van der Waals surface area contributed by atoms with Crippen LogP contribution in [0.15, 0.2) is 35.7 Å². The van der Waals surface area contributed by atoms with Crippen LogP contribution in [0.25, 0.3) is 0 Å². The van der Waals surface area contributed by atoms with Gasteiger partial charge in [-0.1, -0.05) is 6.92 Å². The lowest BCUT2D eigenvalue weighted by atomic mass is 10.0. The molecule has 1 fully saturated rings. The van der Waals surface area contributed by atoms with Gasteiger partial charge >= 0.3 is 0 Å². The third-order valence-corrected chi connectivity index (χ3v) is 6.72. The Kier molecular flexibility index (Phi) is 4.98. The first-order valence-corrected chi connectivity index (χ1v) is 10.6. The molecule has 2 aliphatic rings. The summed E-state index contributed by atoms with van der Waals surface area (Å²) in [5.41, 5.74) is 0.574. The van der Waals surface area contributed by atoms with Crippen molar-refractivity contribution in [2.45, 2.75) is 31.3 Å². The highest BCUT2D eigenvalue weighted by atomic mass is 32.2. The van der Waals surface area contributed by atoms with Crippen molar-refractivity contribution in [1.29, 1.82) is 0 Å². The number of hydrogen-bond donors (Lipinski definition) is 1. The van der Waals surface area contributed by atoms with Gasteiger partial charge in [-0.05, 0) is 30.9 Å². The molecule has 1 N–H and O–H groups in total. The second kappa shape index (κ2) is 7.44. The molecular weight excluding hydrogens is 384 g/mol. The summed E-state index contributed by atoms with van der Waals surface area (Å²) in [7, 11) is -3.63. The Balaban J connectivity index is 1.39. The molecule has 0 unspecified atom stereocenters. The summed E-state index contributed by atoms with van der Waals surface area (Å²) >= 11 is 0. The van der Waals surface area contributed by atoms with E-state index in [4.69, 9.17) is 9.47 Å². The summed E-state index contributed by atoms with van der Waals surface area (Å²) < 4.78 is 38.9. The number of carbonyl (C=O) groups excluding carboxylic acids is 1. The second-order valence-electron chi connectivity index (χ2n) is 7.09. The molecule has 0 radical (unpaired) electrons. The minimum absolute atomic E-state index is 0.0297. The molecule has 1 saturated heterocycles. The van der Waals surface area contributed by atoms with Crippen LogP contribution in [0, 0.1) is 5.92 Å². The van der Waals surface area contributed by atoms with Gasteiger partial charge in [0.2, 0.25) is 12.7 Å². The molecule has 1 amide bonds. The normalized spacial score (nSPS) is 17.6. The fraction of sp³-hybridized carbons (Fsp3) is 0.444. The average Bonchev–Trinajstić information content (AvgIpc) is 3.31. The molecule has 4 rings (SSSR count). The van der Waals surface area contributed by atoms with E-state index in [2.05, 4.69) is 17.2 Å². The Hall–Kier alpha value is -2.59. The number of anilines is 1. The van der Waals surface area contributed by atoms with E-state index in [-0.39, 0.29) is 24.3 Å². The van der Waals surface area contributed by atoms with Crippen molar-refractivity contribution < 1.29 is 22.7 Å². The summed E-state index contributed by atoms with van der Waals surface area (Å²) in [6, 6.07) is 5.12. The lowest BCUT2D eigenvalue weighted by Gasteiger charge is -2.28. The van der Waals surface area contributed by atoms with Crippen LogP contribution in [0.4, 0.5) is 5.69 Å². The van der Waals surface area contributed by atoms with Crippen LogP contribution in [0.5, 0.6) is 11.5 Å². The molecule has 2 aromatic rings. The molecule has 10 heteroatoms. The van der Waals surface area contributed by atoms with Gasteiger partial charge in [0.15, 0.2) is 16.5 Å². The zero-order valence-electron chi connectivity index (χ0n) is 15.5. The van der Waals surface area contributed by atoms with Gasteiger partial charge < -0.3 is 19.4 Å². The summed E-state index contributed by atoms with van der Waals surface area (Å²) in [5, 5.41) is 2.72. The third kappa shape index (κ3) is 3.83. The highest BCUT2D eigenvalue weighted by molar-refractivity contribution is 7.89. The first-order chi connectivity index (χ1) is 13.4. The number of aromatic nitrogens is 2. The standard InChI is InChI=1S/C18H22N4O5S/c1-13-4-6-22(7-5-13)28(24,25)18-10-21(11-19-18)9-17(23)20-14-2-3-15-16(8-14)27-12-26-15/h2-3,8,10-11,13H,4-7,9,12H2,1H3,(H,20,23). The number of rotatable bonds is 5. The molecule has 28 heavy (non-hydrogen) atoms. The van der Waals surface area contributed by atoms with Crippen LogP contribution >= 0.6 is 0 Å². The fourth-order valence-corrected chi connectivity index (χ4v) is 4.66. The van der Waals surface area contributed by atoms with Gasteiger partial charge in [0.25, 0.3) is 10.0 Å². The first-order valence-electron chi connectivity index (χ1n) is 9.13. The van der Waals surface area contributed by atoms with E-state index < -0.39 is 10.0 Å². The maximum absolute atomic E-state index is 12.7. The Morgan fingerprint density at radius 2 is 2.00 bits per heavy atom. The molecule has 0 atom stereocenters. The van der Waals surface area contributed by atoms with E-state index in [0.29, 0.717) is 36.2 Å². The minimum Gasteiger partial charge on any atom is -0.454 e. The molecule has 0 bridgehead atoms. The molecule has 1 aromatic heterocycles. The molecule has 3 heterocycles.